The molecule has 0 aromatic heterocycles. The first kappa shape index (κ1) is 16.2. The van der Waals surface area contributed by atoms with E-state index in [9.17, 15) is 9.59 Å². The van der Waals surface area contributed by atoms with Gasteiger partial charge in [-0.25, -0.2) is 0 Å². The molecule has 0 radical (unpaired) electrons. The van der Waals surface area contributed by atoms with Crippen LogP contribution in [0, 0.1) is 11.3 Å². The van der Waals surface area contributed by atoms with E-state index >= 15 is 0 Å². The summed E-state index contributed by atoms with van der Waals surface area (Å²) in [7, 11) is 1.71. The van der Waals surface area contributed by atoms with Gasteiger partial charge in [0.15, 0.2) is 0 Å². The second-order valence-electron chi connectivity index (χ2n) is 5.08. The molecule has 0 fully saturated rings. The molecule has 0 atom stereocenters. The summed E-state index contributed by atoms with van der Waals surface area (Å²) in [4.78, 5) is 25.8. The summed E-state index contributed by atoms with van der Waals surface area (Å²) in [5, 5.41) is 11.2. The molecule has 5 heteroatoms. The Kier molecular flexibility index (Phi) is 5.48. The van der Waals surface area contributed by atoms with E-state index in [0.29, 0.717) is 17.8 Å². The molecular formula is C18H17N3O2. The van der Waals surface area contributed by atoms with Crippen LogP contribution in [0.3, 0.4) is 0 Å². The summed E-state index contributed by atoms with van der Waals surface area (Å²) < 4.78 is 0. The highest BCUT2D eigenvalue weighted by Crippen LogP contribution is 2.18. The molecule has 2 aromatic rings. The fourth-order valence-electron chi connectivity index (χ4n) is 2.18. The lowest BCUT2D eigenvalue weighted by atomic mass is 10.1. The third-order valence-electron chi connectivity index (χ3n) is 3.28. The third kappa shape index (κ3) is 4.42. The average molecular weight is 307 g/mol. The first-order valence-corrected chi connectivity index (χ1v) is 7.17. The first-order valence-electron chi connectivity index (χ1n) is 7.17. The van der Waals surface area contributed by atoms with Gasteiger partial charge in [0.1, 0.15) is 6.42 Å². The van der Waals surface area contributed by atoms with E-state index in [2.05, 4.69) is 5.32 Å². The molecule has 2 aromatic carbocycles. The molecule has 2 rings (SSSR count). The fraction of sp³-hybridized carbons (Fsp3) is 0.167. The Bertz CT molecular complexity index is 735. The van der Waals surface area contributed by atoms with Gasteiger partial charge < -0.3 is 10.2 Å². The number of hydrogen-bond donors (Lipinski definition) is 1. The van der Waals surface area contributed by atoms with E-state index in [4.69, 9.17) is 5.26 Å². The van der Waals surface area contributed by atoms with Crippen LogP contribution >= 0.6 is 0 Å². The largest absolute Gasteiger partial charge is 0.337 e. The van der Waals surface area contributed by atoms with Crippen molar-refractivity contribution < 1.29 is 9.59 Å². The van der Waals surface area contributed by atoms with Crippen molar-refractivity contribution in [1.82, 2.24) is 4.90 Å². The van der Waals surface area contributed by atoms with Crippen LogP contribution in [0.1, 0.15) is 22.3 Å². The van der Waals surface area contributed by atoms with Crippen molar-refractivity contribution in [2.75, 3.05) is 12.4 Å². The zero-order valence-electron chi connectivity index (χ0n) is 12.8. The summed E-state index contributed by atoms with van der Waals surface area (Å²) in [6, 6.07) is 18.2. The number of carbonyl (C=O) groups is 2. The van der Waals surface area contributed by atoms with Gasteiger partial charge in [0, 0.05) is 13.6 Å². The smallest absolute Gasteiger partial charge is 0.256 e. The lowest BCUT2D eigenvalue weighted by Crippen LogP contribution is -2.27. The molecule has 0 heterocycles. The minimum Gasteiger partial charge on any atom is -0.337 e. The molecular weight excluding hydrogens is 290 g/mol. The molecule has 0 saturated carbocycles. The number of anilines is 1. The molecule has 0 unspecified atom stereocenters. The molecule has 0 aliphatic carbocycles. The van der Waals surface area contributed by atoms with Gasteiger partial charge in [0.05, 0.1) is 17.3 Å². The monoisotopic (exact) mass is 307 g/mol. The average Bonchev–Trinajstić information content (AvgIpc) is 2.56. The number of para-hydroxylation sites is 1. The second-order valence-corrected chi connectivity index (χ2v) is 5.08. The van der Waals surface area contributed by atoms with Gasteiger partial charge in [-0.3, -0.25) is 9.59 Å². The van der Waals surface area contributed by atoms with Gasteiger partial charge >= 0.3 is 0 Å². The van der Waals surface area contributed by atoms with Crippen LogP contribution in [0.2, 0.25) is 0 Å². The van der Waals surface area contributed by atoms with Crippen LogP contribution in [0.15, 0.2) is 54.6 Å². The quantitative estimate of drug-likeness (QED) is 0.923. The molecule has 5 nitrogen and oxygen atoms in total. The SMILES string of the molecule is CN(Cc1ccccc1)C(=O)c1ccccc1NC(=O)CC#N. The van der Waals surface area contributed by atoms with E-state index < -0.39 is 5.91 Å². The summed E-state index contributed by atoms with van der Waals surface area (Å²) >= 11 is 0. The molecule has 2 amide bonds. The predicted octanol–water partition coefficient (Wildman–Crippen LogP) is 2.81. The van der Waals surface area contributed by atoms with E-state index in [1.54, 1.807) is 42.3 Å². The Labute approximate surface area is 135 Å². The van der Waals surface area contributed by atoms with Crippen molar-refractivity contribution in [3.63, 3.8) is 0 Å². The van der Waals surface area contributed by atoms with Gasteiger partial charge in [-0.15, -0.1) is 0 Å². The van der Waals surface area contributed by atoms with Crippen molar-refractivity contribution in [3.8, 4) is 6.07 Å². The number of amides is 2. The number of hydrogen-bond acceptors (Lipinski definition) is 3. The van der Waals surface area contributed by atoms with Crippen LogP contribution in [0.25, 0.3) is 0 Å². The standard InChI is InChI=1S/C18H17N3O2/c1-21(13-14-7-3-2-4-8-14)18(23)15-9-5-6-10-16(15)20-17(22)11-12-19/h2-10H,11,13H2,1H3,(H,20,22). The minimum absolute atomic E-state index is 0.193. The minimum atomic E-state index is -0.432. The van der Waals surface area contributed by atoms with Crippen LogP contribution in [0.5, 0.6) is 0 Å². The second kappa shape index (κ2) is 7.76. The molecule has 0 saturated heterocycles. The Morgan fingerprint density at radius 3 is 2.43 bits per heavy atom. The highest BCUT2D eigenvalue weighted by atomic mass is 16.2. The van der Waals surface area contributed by atoms with Crippen LogP contribution in [0.4, 0.5) is 5.69 Å². The number of nitrogens with zero attached hydrogens (tertiary/aromatic N) is 2. The van der Waals surface area contributed by atoms with Crippen molar-refractivity contribution >= 4 is 17.5 Å². The highest BCUT2D eigenvalue weighted by molar-refractivity contribution is 6.03. The van der Waals surface area contributed by atoms with Crippen LogP contribution < -0.4 is 5.32 Å². The van der Waals surface area contributed by atoms with Gasteiger partial charge in [0.25, 0.3) is 5.91 Å². The number of nitriles is 1. The van der Waals surface area contributed by atoms with E-state index in [-0.39, 0.29) is 12.3 Å². The van der Waals surface area contributed by atoms with Crippen molar-refractivity contribution in [2.24, 2.45) is 0 Å². The Morgan fingerprint density at radius 1 is 1.09 bits per heavy atom. The number of benzene rings is 2. The first-order chi connectivity index (χ1) is 11.1. The van der Waals surface area contributed by atoms with E-state index in [1.807, 2.05) is 30.3 Å². The summed E-state index contributed by atoms with van der Waals surface area (Å²) in [5.74, 6) is -0.625. The van der Waals surface area contributed by atoms with Gasteiger partial charge in [0.2, 0.25) is 5.91 Å². The zero-order chi connectivity index (χ0) is 16.7. The highest BCUT2D eigenvalue weighted by Gasteiger charge is 2.17. The Balaban J connectivity index is 2.15. The zero-order valence-corrected chi connectivity index (χ0v) is 12.8. The van der Waals surface area contributed by atoms with Crippen molar-refractivity contribution in [1.29, 1.82) is 5.26 Å². The van der Waals surface area contributed by atoms with Crippen molar-refractivity contribution in [3.05, 3.63) is 65.7 Å². The Hall–Kier alpha value is -3.13. The summed E-state index contributed by atoms with van der Waals surface area (Å²) in [6.45, 7) is 0.472. The van der Waals surface area contributed by atoms with Crippen molar-refractivity contribution in [2.45, 2.75) is 13.0 Å². The lowest BCUT2D eigenvalue weighted by molar-refractivity contribution is -0.115. The number of nitrogens with one attached hydrogen (secondary N) is 1. The molecule has 116 valence electrons. The van der Waals surface area contributed by atoms with Gasteiger partial charge in [-0.2, -0.15) is 5.26 Å². The number of carbonyl (C=O) groups excluding carboxylic acids is 2. The van der Waals surface area contributed by atoms with Crippen LogP contribution in [-0.4, -0.2) is 23.8 Å². The third-order valence-corrected chi connectivity index (χ3v) is 3.28. The van der Waals surface area contributed by atoms with Crippen LogP contribution in [-0.2, 0) is 11.3 Å². The topological polar surface area (TPSA) is 73.2 Å². The van der Waals surface area contributed by atoms with Gasteiger partial charge in [-0.1, -0.05) is 42.5 Å². The molecule has 23 heavy (non-hydrogen) atoms. The Morgan fingerprint density at radius 2 is 1.74 bits per heavy atom. The normalized spacial score (nSPS) is 9.74. The molecule has 0 spiro atoms. The predicted molar refractivity (Wildman–Crippen MR) is 87.5 cm³/mol. The summed E-state index contributed by atoms with van der Waals surface area (Å²) in [5.41, 5.74) is 1.84. The fourth-order valence-corrected chi connectivity index (χ4v) is 2.18. The number of rotatable bonds is 5. The van der Waals surface area contributed by atoms with E-state index in [1.165, 1.54) is 0 Å². The maximum atomic E-state index is 12.6. The van der Waals surface area contributed by atoms with Gasteiger partial charge in [-0.05, 0) is 17.7 Å². The lowest BCUT2D eigenvalue weighted by Gasteiger charge is -2.19. The molecule has 0 bridgehead atoms. The molecule has 0 aliphatic rings. The molecule has 0 aliphatic heterocycles. The summed E-state index contributed by atoms with van der Waals surface area (Å²) in [6.07, 6.45) is -0.248. The maximum absolute atomic E-state index is 12.6. The maximum Gasteiger partial charge on any atom is 0.256 e. The van der Waals surface area contributed by atoms with E-state index in [0.717, 1.165) is 5.56 Å². The molecule has 1 N–H and O–H groups in total.